The van der Waals surface area contributed by atoms with Crippen molar-refractivity contribution in [1.82, 2.24) is 0 Å². The van der Waals surface area contributed by atoms with Gasteiger partial charge in [0.15, 0.2) is 5.78 Å². The van der Waals surface area contributed by atoms with E-state index in [-0.39, 0.29) is 24.1 Å². The third kappa shape index (κ3) is 4.80. The molecule has 0 aliphatic rings. The highest BCUT2D eigenvalue weighted by molar-refractivity contribution is 9.10. The number of carbonyl (C=O) groups excluding carboxylic acids is 2. The lowest BCUT2D eigenvalue weighted by molar-refractivity contribution is -0.120. The Labute approximate surface area is 160 Å². The maximum Gasteiger partial charge on any atom is 0.243 e. The number of carbonyl (C=O) groups is 2. The normalized spacial score (nSPS) is 10.7. The van der Waals surface area contributed by atoms with Gasteiger partial charge in [-0.15, -0.1) is 12.4 Å². The number of benzene rings is 2. The molecule has 2 aromatic carbocycles. The van der Waals surface area contributed by atoms with Crippen molar-refractivity contribution in [2.75, 3.05) is 5.32 Å². The quantitative estimate of drug-likeness (QED) is 0.703. The monoisotopic (exact) mass is 430 g/mol. The van der Waals surface area contributed by atoms with Crippen molar-refractivity contribution >= 4 is 57.3 Å². The first-order chi connectivity index (χ1) is 10.7. The minimum absolute atomic E-state index is 0. The Bertz CT molecular complexity index is 773. The molecule has 128 valence electrons. The molecule has 1 amide bonds. The molecule has 2 rings (SSSR count). The lowest BCUT2D eigenvalue weighted by Crippen LogP contribution is -2.45. The van der Waals surface area contributed by atoms with Gasteiger partial charge < -0.3 is 11.1 Å². The van der Waals surface area contributed by atoms with Gasteiger partial charge in [0.05, 0.1) is 16.2 Å². The van der Waals surface area contributed by atoms with Gasteiger partial charge in [-0.05, 0) is 44.2 Å². The smallest absolute Gasteiger partial charge is 0.243 e. The van der Waals surface area contributed by atoms with E-state index in [0.29, 0.717) is 21.8 Å². The van der Waals surface area contributed by atoms with Crippen LogP contribution in [0, 0.1) is 0 Å². The SMILES string of the molecule is CC(C)(N)C(=O)Nc1ccc(Br)cc1C(=O)c1ccccc1Cl.Cl. The van der Waals surface area contributed by atoms with E-state index in [4.69, 9.17) is 17.3 Å². The molecule has 3 N–H and O–H groups in total. The number of ketones is 1. The van der Waals surface area contributed by atoms with Gasteiger partial charge in [-0.2, -0.15) is 0 Å². The summed E-state index contributed by atoms with van der Waals surface area (Å²) in [5.41, 5.74) is 5.83. The predicted octanol–water partition coefficient (Wildman–Crippen LogP) is 4.43. The average molecular weight is 432 g/mol. The topological polar surface area (TPSA) is 72.2 Å². The number of amides is 1. The molecule has 0 saturated carbocycles. The molecule has 0 spiro atoms. The molecule has 0 fully saturated rings. The molecule has 7 heteroatoms. The summed E-state index contributed by atoms with van der Waals surface area (Å²) in [7, 11) is 0. The Morgan fingerprint density at radius 1 is 1.12 bits per heavy atom. The fourth-order valence-electron chi connectivity index (χ4n) is 1.89. The van der Waals surface area contributed by atoms with Gasteiger partial charge in [-0.25, -0.2) is 0 Å². The highest BCUT2D eigenvalue weighted by Gasteiger charge is 2.24. The van der Waals surface area contributed by atoms with Crippen LogP contribution in [0.15, 0.2) is 46.9 Å². The summed E-state index contributed by atoms with van der Waals surface area (Å²) in [5.74, 6) is -0.657. The van der Waals surface area contributed by atoms with Gasteiger partial charge in [-0.1, -0.05) is 39.7 Å². The fourth-order valence-corrected chi connectivity index (χ4v) is 2.47. The van der Waals surface area contributed by atoms with Crippen LogP contribution in [0.1, 0.15) is 29.8 Å². The predicted molar refractivity (Wildman–Crippen MR) is 103 cm³/mol. The molecule has 0 aliphatic heterocycles. The fraction of sp³-hybridized carbons (Fsp3) is 0.176. The Morgan fingerprint density at radius 2 is 1.75 bits per heavy atom. The van der Waals surface area contributed by atoms with Crippen LogP contribution in [-0.4, -0.2) is 17.2 Å². The maximum atomic E-state index is 12.8. The highest BCUT2D eigenvalue weighted by Crippen LogP contribution is 2.27. The highest BCUT2D eigenvalue weighted by atomic mass is 79.9. The van der Waals surface area contributed by atoms with Crippen molar-refractivity contribution in [3.05, 3.63) is 63.1 Å². The van der Waals surface area contributed by atoms with Gasteiger partial charge in [0.1, 0.15) is 0 Å². The molecule has 0 unspecified atom stereocenters. The van der Waals surface area contributed by atoms with Gasteiger partial charge >= 0.3 is 0 Å². The molecule has 0 atom stereocenters. The van der Waals surface area contributed by atoms with Crippen LogP contribution in [0.25, 0.3) is 0 Å². The number of hydrogen-bond donors (Lipinski definition) is 2. The molecular weight excluding hydrogens is 415 g/mol. The number of nitrogens with two attached hydrogens (primary N) is 1. The Morgan fingerprint density at radius 3 is 2.33 bits per heavy atom. The third-order valence-electron chi connectivity index (χ3n) is 3.18. The molecule has 0 radical (unpaired) electrons. The third-order valence-corrected chi connectivity index (χ3v) is 4.00. The standard InChI is InChI=1S/C17H16BrClN2O2.ClH/c1-17(2,20)16(23)21-14-8-7-10(18)9-12(14)15(22)11-5-3-4-6-13(11)19;/h3-9H,20H2,1-2H3,(H,21,23);1H. The van der Waals surface area contributed by atoms with Crippen molar-refractivity contribution in [2.24, 2.45) is 5.73 Å². The molecule has 4 nitrogen and oxygen atoms in total. The van der Waals surface area contributed by atoms with E-state index in [9.17, 15) is 9.59 Å². The second kappa shape index (κ2) is 8.12. The van der Waals surface area contributed by atoms with E-state index >= 15 is 0 Å². The number of anilines is 1. The summed E-state index contributed by atoms with van der Waals surface area (Å²) < 4.78 is 0.720. The zero-order valence-corrected chi connectivity index (χ0v) is 16.3. The summed E-state index contributed by atoms with van der Waals surface area (Å²) in [6.07, 6.45) is 0. The van der Waals surface area contributed by atoms with E-state index in [2.05, 4.69) is 21.2 Å². The summed E-state index contributed by atoms with van der Waals surface area (Å²) in [5, 5.41) is 3.05. The summed E-state index contributed by atoms with van der Waals surface area (Å²) in [6.45, 7) is 3.19. The van der Waals surface area contributed by atoms with Crippen molar-refractivity contribution in [2.45, 2.75) is 19.4 Å². The first-order valence-electron chi connectivity index (χ1n) is 6.89. The molecule has 0 bridgehead atoms. The van der Waals surface area contributed by atoms with Crippen LogP contribution < -0.4 is 11.1 Å². The van der Waals surface area contributed by atoms with Gasteiger partial charge in [0, 0.05) is 15.6 Å². The number of halogens is 3. The van der Waals surface area contributed by atoms with Crippen LogP contribution in [-0.2, 0) is 4.79 Å². The van der Waals surface area contributed by atoms with Gasteiger partial charge in [0.25, 0.3) is 0 Å². The zero-order chi connectivity index (χ0) is 17.2. The molecule has 24 heavy (non-hydrogen) atoms. The largest absolute Gasteiger partial charge is 0.324 e. The second-order valence-corrected chi connectivity index (χ2v) is 7.00. The van der Waals surface area contributed by atoms with Crippen molar-refractivity contribution < 1.29 is 9.59 Å². The van der Waals surface area contributed by atoms with Gasteiger partial charge in [0.2, 0.25) is 5.91 Å². The summed E-state index contributed by atoms with van der Waals surface area (Å²) in [6, 6.07) is 11.8. The van der Waals surface area contributed by atoms with E-state index in [1.165, 1.54) is 0 Å². The second-order valence-electron chi connectivity index (χ2n) is 5.67. The van der Waals surface area contributed by atoms with Crippen LogP contribution in [0.4, 0.5) is 5.69 Å². The molecule has 2 aromatic rings. The number of rotatable bonds is 4. The van der Waals surface area contributed by atoms with E-state index in [0.717, 1.165) is 4.47 Å². The molecule has 0 aromatic heterocycles. The van der Waals surface area contributed by atoms with Crippen LogP contribution >= 0.6 is 39.9 Å². The Kier molecular flexibility index (Phi) is 6.98. The number of hydrogen-bond acceptors (Lipinski definition) is 3. The molecule has 0 saturated heterocycles. The van der Waals surface area contributed by atoms with Crippen LogP contribution in [0.3, 0.4) is 0 Å². The van der Waals surface area contributed by atoms with Crippen molar-refractivity contribution in [1.29, 1.82) is 0 Å². The van der Waals surface area contributed by atoms with E-state index < -0.39 is 5.54 Å². The number of nitrogens with one attached hydrogen (secondary N) is 1. The lowest BCUT2D eigenvalue weighted by Gasteiger charge is -2.19. The zero-order valence-electron chi connectivity index (χ0n) is 13.1. The average Bonchev–Trinajstić information content (AvgIpc) is 2.48. The minimum Gasteiger partial charge on any atom is -0.324 e. The van der Waals surface area contributed by atoms with Crippen molar-refractivity contribution in [3.63, 3.8) is 0 Å². The molecular formula is C17H17BrCl2N2O2. The first-order valence-corrected chi connectivity index (χ1v) is 8.06. The van der Waals surface area contributed by atoms with E-state index in [1.807, 2.05) is 0 Å². The van der Waals surface area contributed by atoms with Crippen molar-refractivity contribution in [3.8, 4) is 0 Å². The first kappa shape index (κ1) is 20.6. The van der Waals surface area contributed by atoms with E-state index in [1.54, 1.807) is 56.3 Å². The lowest BCUT2D eigenvalue weighted by atomic mass is 10.0. The summed E-state index contributed by atoms with van der Waals surface area (Å²) in [4.78, 5) is 24.9. The van der Waals surface area contributed by atoms with Crippen LogP contribution in [0.5, 0.6) is 0 Å². The van der Waals surface area contributed by atoms with Gasteiger partial charge in [-0.3, -0.25) is 9.59 Å². The molecule has 0 heterocycles. The van der Waals surface area contributed by atoms with Crippen LogP contribution in [0.2, 0.25) is 5.02 Å². The maximum absolute atomic E-state index is 12.8. The Balaban J connectivity index is 0.00000288. The summed E-state index contributed by atoms with van der Waals surface area (Å²) >= 11 is 9.44. The molecule has 0 aliphatic carbocycles. The Hall–Kier alpha value is -1.40. The minimum atomic E-state index is -1.06.